The quantitative estimate of drug-likeness (QED) is 0.845. The molecule has 0 aliphatic rings. The molecule has 1 atom stereocenters. The van der Waals surface area contributed by atoms with Gasteiger partial charge in [0, 0.05) is 18.4 Å². The average molecular weight is 245 g/mol. The number of hydrogen-bond donors (Lipinski definition) is 1. The van der Waals surface area contributed by atoms with E-state index in [1.54, 1.807) is 12.5 Å². The standard InChI is InChI=1S/C14H19N3O/c1-12(15)10-13-4-2-3-5-14(13)18-9-8-17-7-6-16-11-17/h2-7,11-12H,8-10,15H2,1H3. The summed E-state index contributed by atoms with van der Waals surface area (Å²) in [5.41, 5.74) is 7.00. The van der Waals surface area contributed by atoms with Gasteiger partial charge in [-0.05, 0) is 25.0 Å². The molecule has 4 nitrogen and oxygen atoms in total. The van der Waals surface area contributed by atoms with E-state index in [4.69, 9.17) is 10.5 Å². The Morgan fingerprint density at radius 2 is 2.22 bits per heavy atom. The second kappa shape index (κ2) is 6.21. The summed E-state index contributed by atoms with van der Waals surface area (Å²) in [6.07, 6.45) is 6.32. The van der Waals surface area contributed by atoms with Crippen LogP contribution in [-0.4, -0.2) is 22.2 Å². The van der Waals surface area contributed by atoms with Crippen LogP contribution in [0.25, 0.3) is 0 Å². The van der Waals surface area contributed by atoms with E-state index in [0.717, 1.165) is 24.3 Å². The van der Waals surface area contributed by atoms with Gasteiger partial charge in [0.25, 0.3) is 0 Å². The Morgan fingerprint density at radius 3 is 2.94 bits per heavy atom. The van der Waals surface area contributed by atoms with Crippen LogP contribution in [0.15, 0.2) is 43.0 Å². The number of nitrogens with zero attached hydrogens (tertiary/aromatic N) is 2. The van der Waals surface area contributed by atoms with Crippen molar-refractivity contribution in [2.24, 2.45) is 5.73 Å². The van der Waals surface area contributed by atoms with Gasteiger partial charge in [-0.3, -0.25) is 0 Å². The number of benzene rings is 1. The third kappa shape index (κ3) is 3.60. The van der Waals surface area contributed by atoms with E-state index in [1.165, 1.54) is 0 Å². The van der Waals surface area contributed by atoms with Crippen molar-refractivity contribution in [3.05, 3.63) is 48.5 Å². The van der Waals surface area contributed by atoms with Gasteiger partial charge in [-0.1, -0.05) is 18.2 Å². The second-order valence-corrected chi connectivity index (χ2v) is 4.44. The van der Waals surface area contributed by atoms with Crippen molar-refractivity contribution >= 4 is 0 Å². The maximum absolute atomic E-state index is 5.83. The molecule has 1 heterocycles. The summed E-state index contributed by atoms with van der Waals surface area (Å²) in [6, 6.07) is 8.20. The summed E-state index contributed by atoms with van der Waals surface area (Å²) < 4.78 is 7.80. The lowest BCUT2D eigenvalue weighted by Crippen LogP contribution is -2.18. The molecular weight excluding hydrogens is 226 g/mol. The fraction of sp³-hybridized carbons (Fsp3) is 0.357. The normalized spacial score (nSPS) is 12.3. The molecule has 96 valence electrons. The lowest BCUT2D eigenvalue weighted by molar-refractivity contribution is 0.295. The lowest BCUT2D eigenvalue weighted by Gasteiger charge is -2.13. The molecule has 1 aromatic carbocycles. The highest BCUT2D eigenvalue weighted by Gasteiger charge is 2.05. The Balaban J connectivity index is 1.92. The van der Waals surface area contributed by atoms with Gasteiger partial charge in [0.15, 0.2) is 0 Å². The third-order valence-electron chi connectivity index (χ3n) is 2.68. The second-order valence-electron chi connectivity index (χ2n) is 4.44. The van der Waals surface area contributed by atoms with Crippen LogP contribution in [0.1, 0.15) is 12.5 Å². The molecule has 0 saturated heterocycles. The van der Waals surface area contributed by atoms with Gasteiger partial charge in [-0.25, -0.2) is 4.98 Å². The van der Waals surface area contributed by atoms with E-state index in [9.17, 15) is 0 Å². The molecule has 0 amide bonds. The zero-order valence-electron chi connectivity index (χ0n) is 10.6. The Bertz CT molecular complexity index is 466. The first kappa shape index (κ1) is 12.6. The first-order chi connectivity index (χ1) is 8.75. The molecule has 0 radical (unpaired) electrons. The Kier molecular flexibility index (Phi) is 4.36. The van der Waals surface area contributed by atoms with Crippen molar-refractivity contribution in [1.82, 2.24) is 9.55 Å². The van der Waals surface area contributed by atoms with Crippen molar-refractivity contribution in [1.29, 1.82) is 0 Å². The van der Waals surface area contributed by atoms with E-state index >= 15 is 0 Å². The third-order valence-corrected chi connectivity index (χ3v) is 2.68. The summed E-state index contributed by atoms with van der Waals surface area (Å²) in [7, 11) is 0. The highest BCUT2D eigenvalue weighted by molar-refractivity contribution is 5.33. The van der Waals surface area contributed by atoms with E-state index in [0.29, 0.717) is 6.61 Å². The number of nitrogens with two attached hydrogens (primary N) is 1. The molecule has 0 spiro atoms. The minimum Gasteiger partial charge on any atom is -0.491 e. The highest BCUT2D eigenvalue weighted by Crippen LogP contribution is 2.19. The molecule has 0 fully saturated rings. The van der Waals surface area contributed by atoms with Gasteiger partial charge >= 0.3 is 0 Å². The van der Waals surface area contributed by atoms with Crippen LogP contribution in [0, 0.1) is 0 Å². The minimum atomic E-state index is 0.142. The summed E-state index contributed by atoms with van der Waals surface area (Å²) >= 11 is 0. The highest BCUT2D eigenvalue weighted by atomic mass is 16.5. The average Bonchev–Trinajstić information content (AvgIpc) is 2.84. The molecule has 2 rings (SSSR count). The van der Waals surface area contributed by atoms with Gasteiger partial charge < -0.3 is 15.0 Å². The fourth-order valence-corrected chi connectivity index (χ4v) is 1.84. The monoisotopic (exact) mass is 245 g/mol. The van der Waals surface area contributed by atoms with Crippen LogP contribution in [0.3, 0.4) is 0 Å². The molecule has 0 aliphatic heterocycles. The first-order valence-corrected chi connectivity index (χ1v) is 6.17. The van der Waals surface area contributed by atoms with Gasteiger partial charge in [0.05, 0.1) is 12.9 Å². The van der Waals surface area contributed by atoms with Crippen molar-refractivity contribution in [3.8, 4) is 5.75 Å². The van der Waals surface area contributed by atoms with E-state index in [2.05, 4.69) is 11.1 Å². The molecule has 1 aromatic heterocycles. The number of rotatable bonds is 6. The van der Waals surface area contributed by atoms with Crippen LogP contribution in [0.5, 0.6) is 5.75 Å². The fourth-order valence-electron chi connectivity index (χ4n) is 1.84. The molecule has 0 bridgehead atoms. The predicted molar refractivity (Wildman–Crippen MR) is 71.5 cm³/mol. The van der Waals surface area contributed by atoms with Gasteiger partial charge in [0.2, 0.25) is 0 Å². The Morgan fingerprint density at radius 1 is 1.39 bits per heavy atom. The van der Waals surface area contributed by atoms with Gasteiger partial charge in [-0.15, -0.1) is 0 Å². The van der Waals surface area contributed by atoms with E-state index in [1.807, 2.05) is 35.9 Å². The topological polar surface area (TPSA) is 53.1 Å². The Labute approximate surface area is 107 Å². The summed E-state index contributed by atoms with van der Waals surface area (Å²) in [5, 5.41) is 0. The summed E-state index contributed by atoms with van der Waals surface area (Å²) in [4.78, 5) is 4.00. The molecule has 2 N–H and O–H groups in total. The van der Waals surface area contributed by atoms with E-state index < -0.39 is 0 Å². The van der Waals surface area contributed by atoms with Crippen LogP contribution < -0.4 is 10.5 Å². The lowest BCUT2D eigenvalue weighted by atomic mass is 10.1. The molecule has 4 heteroatoms. The molecular formula is C14H19N3O. The number of imidazole rings is 1. The van der Waals surface area contributed by atoms with Crippen molar-refractivity contribution < 1.29 is 4.74 Å². The van der Waals surface area contributed by atoms with E-state index in [-0.39, 0.29) is 6.04 Å². The maximum Gasteiger partial charge on any atom is 0.122 e. The summed E-state index contributed by atoms with van der Waals surface area (Å²) in [5.74, 6) is 0.926. The SMILES string of the molecule is CC(N)Cc1ccccc1OCCn1ccnc1. The first-order valence-electron chi connectivity index (χ1n) is 6.17. The van der Waals surface area contributed by atoms with Gasteiger partial charge in [0.1, 0.15) is 12.4 Å². The molecule has 1 unspecified atom stereocenters. The largest absolute Gasteiger partial charge is 0.491 e. The maximum atomic E-state index is 5.83. The van der Waals surface area contributed by atoms with Crippen molar-refractivity contribution in [2.45, 2.75) is 25.9 Å². The van der Waals surface area contributed by atoms with Crippen LogP contribution in [-0.2, 0) is 13.0 Å². The molecule has 18 heavy (non-hydrogen) atoms. The number of ether oxygens (including phenoxy) is 1. The smallest absolute Gasteiger partial charge is 0.122 e. The van der Waals surface area contributed by atoms with Crippen LogP contribution >= 0.6 is 0 Å². The number of hydrogen-bond acceptors (Lipinski definition) is 3. The molecule has 0 saturated carbocycles. The zero-order valence-corrected chi connectivity index (χ0v) is 10.6. The molecule has 2 aromatic rings. The summed E-state index contributed by atoms with van der Waals surface area (Å²) in [6.45, 7) is 3.43. The van der Waals surface area contributed by atoms with Crippen LogP contribution in [0.4, 0.5) is 0 Å². The number of aromatic nitrogens is 2. The van der Waals surface area contributed by atoms with Crippen molar-refractivity contribution in [2.75, 3.05) is 6.61 Å². The zero-order chi connectivity index (χ0) is 12.8. The molecule has 0 aliphatic carbocycles. The Hall–Kier alpha value is -1.81. The van der Waals surface area contributed by atoms with Gasteiger partial charge in [-0.2, -0.15) is 0 Å². The van der Waals surface area contributed by atoms with Crippen molar-refractivity contribution in [3.63, 3.8) is 0 Å². The minimum absolute atomic E-state index is 0.142. The predicted octanol–water partition coefficient (Wildman–Crippen LogP) is 1.85. The van der Waals surface area contributed by atoms with Crippen LogP contribution in [0.2, 0.25) is 0 Å². The number of para-hydroxylation sites is 1.